The number of aryl methyl sites for hydroxylation is 1. The van der Waals surface area contributed by atoms with Gasteiger partial charge >= 0.3 is 17.6 Å². The lowest BCUT2D eigenvalue weighted by atomic mass is 10.0. The van der Waals surface area contributed by atoms with E-state index < -0.39 is 60.8 Å². The molecule has 1 saturated heterocycles. The van der Waals surface area contributed by atoms with Crippen LogP contribution in [-0.4, -0.2) is 70.0 Å². The van der Waals surface area contributed by atoms with Crippen molar-refractivity contribution in [2.45, 2.75) is 380 Å². The Kier molecular flexibility index (Phi) is 47.8. The van der Waals surface area contributed by atoms with E-state index in [1.165, 1.54) is 283 Å². The van der Waals surface area contributed by atoms with Crippen LogP contribution in [-0.2, 0) is 30.4 Å². The van der Waals surface area contributed by atoms with E-state index in [1.54, 1.807) is 0 Å². The zero-order chi connectivity index (χ0) is 64.1. The summed E-state index contributed by atoms with van der Waals surface area (Å²) < 4.78 is 37.8. The van der Waals surface area contributed by atoms with Gasteiger partial charge in [-0.25, -0.2) is 4.79 Å². The van der Waals surface area contributed by atoms with E-state index in [-0.39, 0.29) is 18.6 Å². The highest BCUT2D eigenvalue weighted by atomic mass is 16.7. The number of aromatic nitrogens is 2. The molecule has 0 radical (unpaired) electrons. The molecule has 1 aromatic heterocycles. The number of rotatable bonds is 62. The molecule has 2 heterocycles. The number of benzene rings is 1. The lowest BCUT2D eigenvalue weighted by Gasteiger charge is -2.26. The number of aliphatic hydroxyl groups is 2. The number of ether oxygens (including phenoxy) is 6. The second kappa shape index (κ2) is 53.6. The summed E-state index contributed by atoms with van der Waals surface area (Å²) in [5.74, 6) is -2.13. The third-order valence-corrected chi connectivity index (χ3v) is 18.0. The van der Waals surface area contributed by atoms with Crippen molar-refractivity contribution in [1.29, 1.82) is 0 Å². The molecule has 14 nitrogen and oxygen atoms in total. The van der Waals surface area contributed by atoms with Crippen molar-refractivity contribution in [2.24, 2.45) is 0 Å². The topological polar surface area (TPSA) is 185 Å². The molecule has 3 rings (SSSR count). The Morgan fingerprint density at radius 2 is 0.831 bits per heavy atom. The van der Waals surface area contributed by atoms with E-state index in [2.05, 4.69) is 25.8 Å². The number of hydrogen-bond acceptors (Lipinski definition) is 12. The van der Waals surface area contributed by atoms with E-state index in [4.69, 9.17) is 28.4 Å². The van der Waals surface area contributed by atoms with Crippen molar-refractivity contribution < 1.29 is 48.2 Å². The van der Waals surface area contributed by atoms with Gasteiger partial charge in [-0.1, -0.05) is 310 Å². The lowest BCUT2D eigenvalue weighted by Crippen LogP contribution is -2.44. The van der Waals surface area contributed by atoms with Crippen LogP contribution in [0.15, 0.2) is 27.9 Å². The van der Waals surface area contributed by atoms with Gasteiger partial charge in [0, 0.05) is 11.8 Å². The molecule has 1 aliphatic heterocycles. The second-order valence-corrected chi connectivity index (χ2v) is 26.3. The molecular weight excluding hydrogens is 1120 g/mol. The average molecular weight is 1250 g/mol. The predicted molar refractivity (Wildman–Crippen MR) is 363 cm³/mol. The summed E-state index contributed by atoms with van der Waals surface area (Å²) in [5.41, 5.74) is -0.450. The molecule has 3 atom stereocenters. The third-order valence-electron chi connectivity index (χ3n) is 18.0. The number of aliphatic hydroxyl groups excluding tert-OH is 1. The highest BCUT2D eigenvalue weighted by Gasteiger charge is 2.51. The van der Waals surface area contributed by atoms with E-state index in [0.29, 0.717) is 42.6 Å². The minimum absolute atomic E-state index is 0.0997. The molecule has 1 aliphatic rings. The van der Waals surface area contributed by atoms with Crippen molar-refractivity contribution >= 4 is 11.9 Å². The molecule has 1 aromatic carbocycles. The molecular formula is C75H132N2O12. The summed E-state index contributed by atoms with van der Waals surface area (Å²) in [7, 11) is 0. The van der Waals surface area contributed by atoms with Crippen LogP contribution in [0.5, 0.6) is 17.2 Å². The number of hydrogen-bond donors (Lipinski definition) is 3. The van der Waals surface area contributed by atoms with Crippen LogP contribution in [0.25, 0.3) is 0 Å². The molecule has 2 aromatic rings. The molecule has 0 unspecified atom stereocenters. The van der Waals surface area contributed by atoms with E-state index >= 15 is 0 Å². The summed E-state index contributed by atoms with van der Waals surface area (Å²) in [4.78, 5) is 53.2. The molecule has 0 amide bonds. The lowest BCUT2D eigenvalue weighted by molar-refractivity contribution is -0.231. The predicted octanol–water partition coefficient (Wildman–Crippen LogP) is 19.8. The van der Waals surface area contributed by atoms with Crippen molar-refractivity contribution in [2.75, 3.05) is 26.4 Å². The van der Waals surface area contributed by atoms with Crippen molar-refractivity contribution in [3.8, 4) is 17.2 Å². The Hall–Kier alpha value is -3.88. The number of nitrogens with zero attached hydrogens (tertiary/aromatic N) is 1. The first-order valence-electron chi connectivity index (χ1n) is 37.3. The number of aromatic amines is 1. The normalized spacial score (nSPS) is 15.7. The van der Waals surface area contributed by atoms with Crippen LogP contribution in [0.1, 0.15) is 366 Å². The molecule has 3 N–H and O–H groups in total. The fourth-order valence-corrected chi connectivity index (χ4v) is 12.2. The van der Waals surface area contributed by atoms with Crippen LogP contribution in [0.4, 0.5) is 0 Å². The van der Waals surface area contributed by atoms with Crippen LogP contribution in [0, 0.1) is 6.92 Å². The molecule has 0 saturated carbocycles. The zero-order valence-electron chi connectivity index (χ0n) is 57.4. The van der Waals surface area contributed by atoms with Gasteiger partial charge in [0.05, 0.1) is 45.7 Å². The number of nitrogens with one attached hydrogen (secondary N) is 1. The van der Waals surface area contributed by atoms with Crippen LogP contribution in [0.3, 0.4) is 0 Å². The molecule has 89 heavy (non-hydrogen) atoms. The molecule has 514 valence electrons. The van der Waals surface area contributed by atoms with Crippen molar-refractivity contribution in [3.63, 3.8) is 0 Å². The summed E-state index contributed by atoms with van der Waals surface area (Å²) in [6.07, 6.45) is 59.8. The molecule has 0 bridgehead atoms. The Morgan fingerprint density at radius 3 is 1.18 bits per heavy atom. The van der Waals surface area contributed by atoms with Crippen LogP contribution in [0.2, 0.25) is 0 Å². The van der Waals surface area contributed by atoms with Gasteiger partial charge in [-0.05, 0) is 43.9 Å². The number of carbonyl (C=O) groups is 2. The minimum atomic E-state index is -2.30. The maximum atomic E-state index is 13.3. The number of carbonyl (C=O) groups excluding carboxylic acids is 2. The first-order valence-corrected chi connectivity index (χ1v) is 37.3. The number of unbranched alkanes of at least 4 members (excludes halogenated alkanes) is 45. The smallest absolute Gasteiger partial charge is 0.330 e. The van der Waals surface area contributed by atoms with Gasteiger partial charge in [0.15, 0.2) is 11.5 Å². The zero-order valence-corrected chi connectivity index (χ0v) is 57.4. The number of H-pyrrole nitrogens is 1. The van der Waals surface area contributed by atoms with Gasteiger partial charge < -0.3 is 38.6 Å². The Morgan fingerprint density at radius 1 is 0.506 bits per heavy atom. The van der Waals surface area contributed by atoms with Gasteiger partial charge in [0.25, 0.3) is 5.56 Å². The standard InChI is InChI=1S/C75H132N2O12/c1-5-8-11-14-17-20-23-26-29-32-35-38-41-44-47-50-55-84-66-58-65(63-87-70(79)53-54-71(80)89-75(83)60-69(88-68(75)62-78)77-61-64(4)73(81)76-74(77)82)59-67(85-56-51-48-45-42-39-36-33-30-27-24-21-18-15-12-9-6-2)72(66)86-57-52-49-46-43-40-37-34-31-28-25-22-19-16-13-10-7-3/h58-59,61,68-69,78,83H,5-57,60,62-63H2,1-4H3,(H,76,81,82)/t68-,69-,75-/m1/s1. The second-order valence-electron chi connectivity index (χ2n) is 26.3. The van der Waals surface area contributed by atoms with Gasteiger partial charge in [0.2, 0.25) is 11.5 Å². The van der Waals surface area contributed by atoms with E-state index in [1.807, 2.05) is 12.1 Å². The first kappa shape index (κ1) is 79.4. The molecule has 0 aliphatic carbocycles. The van der Waals surface area contributed by atoms with Crippen LogP contribution >= 0.6 is 0 Å². The summed E-state index contributed by atoms with van der Waals surface area (Å²) in [6, 6.07) is 3.77. The van der Waals surface area contributed by atoms with Crippen molar-refractivity contribution in [3.05, 3.63) is 50.3 Å². The van der Waals surface area contributed by atoms with Crippen molar-refractivity contribution in [1.82, 2.24) is 9.55 Å². The minimum Gasteiger partial charge on any atom is -0.490 e. The van der Waals surface area contributed by atoms with Gasteiger partial charge in [-0.3, -0.25) is 23.9 Å². The summed E-state index contributed by atoms with van der Waals surface area (Å²) in [5, 5.41) is 21.4. The fraction of sp³-hybridized carbons (Fsp3) is 0.840. The Bertz CT molecular complexity index is 2100. The highest BCUT2D eigenvalue weighted by Crippen LogP contribution is 2.41. The summed E-state index contributed by atoms with van der Waals surface area (Å²) in [6.45, 7) is 9.11. The maximum absolute atomic E-state index is 13.3. The monoisotopic (exact) mass is 1250 g/mol. The van der Waals surface area contributed by atoms with E-state index in [9.17, 15) is 29.4 Å². The average Bonchev–Trinajstić information content (AvgIpc) is 2.12. The van der Waals surface area contributed by atoms with Gasteiger partial charge in [-0.15, -0.1) is 0 Å². The largest absolute Gasteiger partial charge is 0.490 e. The van der Waals surface area contributed by atoms with E-state index in [0.717, 1.165) is 43.1 Å². The third kappa shape index (κ3) is 38.7. The number of esters is 2. The first-order chi connectivity index (χ1) is 43.5. The molecule has 0 spiro atoms. The molecule has 14 heteroatoms. The summed E-state index contributed by atoms with van der Waals surface area (Å²) >= 11 is 0. The van der Waals surface area contributed by atoms with Crippen LogP contribution < -0.4 is 25.5 Å². The maximum Gasteiger partial charge on any atom is 0.330 e. The Labute approximate surface area is 541 Å². The SMILES string of the molecule is CCCCCCCCCCCCCCCCCCOc1cc(COC(=O)CCC(=O)O[C@]2(O)C[C@H](n3cc(C)c(=O)[nH]c3=O)O[C@@H]2CO)cc(OCCCCCCCCCCCCCCCCCC)c1OCCCCCCCCCCCCCCCCCC. The fourth-order valence-electron chi connectivity index (χ4n) is 12.2. The van der Waals surface area contributed by atoms with Gasteiger partial charge in [-0.2, -0.15) is 0 Å². The quantitative estimate of drug-likeness (QED) is 0.0324. The molecule has 1 fully saturated rings. The highest BCUT2D eigenvalue weighted by molar-refractivity contribution is 5.78. The van der Waals surface area contributed by atoms with Gasteiger partial charge in [0.1, 0.15) is 18.9 Å². The Balaban J connectivity index is 1.60.